The third kappa shape index (κ3) is 2.99. The van der Waals surface area contributed by atoms with E-state index >= 15 is 0 Å². The summed E-state index contributed by atoms with van der Waals surface area (Å²) in [4.78, 5) is 0. The van der Waals surface area contributed by atoms with Crippen LogP contribution in [0.3, 0.4) is 0 Å². The summed E-state index contributed by atoms with van der Waals surface area (Å²) in [6.45, 7) is 6.20. The zero-order chi connectivity index (χ0) is 12.1. The average molecular weight is 222 g/mol. The fourth-order valence-electron chi connectivity index (χ4n) is 1.96. The summed E-state index contributed by atoms with van der Waals surface area (Å²) in [6.07, 6.45) is 1.54. The van der Waals surface area contributed by atoms with Gasteiger partial charge in [-0.25, -0.2) is 0 Å². The minimum Gasteiger partial charge on any atom is -0.496 e. The van der Waals surface area contributed by atoms with Crippen LogP contribution in [0.15, 0.2) is 18.2 Å². The van der Waals surface area contributed by atoms with Crippen LogP contribution in [-0.4, -0.2) is 18.3 Å². The van der Waals surface area contributed by atoms with Crippen molar-refractivity contribution in [3.8, 4) is 5.75 Å². The Morgan fingerprint density at radius 3 is 2.62 bits per heavy atom. The molecule has 16 heavy (non-hydrogen) atoms. The Morgan fingerprint density at radius 1 is 1.38 bits per heavy atom. The second-order valence-electron chi connectivity index (χ2n) is 4.39. The Balaban J connectivity index is 2.96. The summed E-state index contributed by atoms with van der Waals surface area (Å²) in [5.41, 5.74) is 2.30. The number of ether oxygens (including phenoxy) is 1. The zero-order valence-corrected chi connectivity index (χ0v) is 10.7. The fraction of sp³-hybridized carbons (Fsp3) is 0.571. The van der Waals surface area contributed by atoms with E-state index in [4.69, 9.17) is 4.74 Å². The van der Waals surface area contributed by atoms with Crippen LogP contribution in [0.25, 0.3) is 0 Å². The van der Waals surface area contributed by atoms with Crippen molar-refractivity contribution < 1.29 is 9.84 Å². The maximum Gasteiger partial charge on any atom is 0.122 e. The van der Waals surface area contributed by atoms with Gasteiger partial charge in [0.05, 0.1) is 13.2 Å². The molecule has 0 aliphatic carbocycles. The highest BCUT2D eigenvalue weighted by Gasteiger charge is 2.19. The van der Waals surface area contributed by atoms with Gasteiger partial charge in [-0.2, -0.15) is 0 Å². The first-order valence-electron chi connectivity index (χ1n) is 5.92. The first-order chi connectivity index (χ1) is 7.60. The van der Waals surface area contributed by atoms with Crippen molar-refractivity contribution in [2.75, 3.05) is 7.11 Å². The quantitative estimate of drug-likeness (QED) is 0.828. The van der Waals surface area contributed by atoms with Crippen molar-refractivity contribution in [1.82, 2.24) is 0 Å². The van der Waals surface area contributed by atoms with Gasteiger partial charge < -0.3 is 9.84 Å². The van der Waals surface area contributed by atoms with Gasteiger partial charge in [-0.1, -0.05) is 38.0 Å². The third-order valence-corrected chi connectivity index (χ3v) is 3.04. The number of aliphatic hydroxyl groups is 1. The van der Waals surface area contributed by atoms with E-state index < -0.39 is 0 Å². The number of aryl methyl sites for hydroxylation is 1. The van der Waals surface area contributed by atoms with Gasteiger partial charge in [0, 0.05) is 5.92 Å². The van der Waals surface area contributed by atoms with Gasteiger partial charge in [0.25, 0.3) is 0 Å². The highest BCUT2D eigenvalue weighted by Crippen LogP contribution is 2.31. The molecule has 1 rings (SSSR count). The van der Waals surface area contributed by atoms with Gasteiger partial charge in [0.1, 0.15) is 5.75 Å². The summed E-state index contributed by atoms with van der Waals surface area (Å²) in [5, 5.41) is 10.0. The number of methoxy groups -OCH3 is 1. The second-order valence-corrected chi connectivity index (χ2v) is 4.39. The van der Waals surface area contributed by atoms with E-state index in [9.17, 15) is 5.11 Å². The van der Waals surface area contributed by atoms with Gasteiger partial charge in [-0.3, -0.25) is 0 Å². The molecule has 0 radical (unpaired) electrons. The van der Waals surface area contributed by atoms with Gasteiger partial charge in [-0.05, 0) is 25.0 Å². The Hall–Kier alpha value is -1.02. The molecule has 0 fully saturated rings. The largest absolute Gasteiger partial charge is 0.496 e. The number of hydrogen-bond donors (Lipinski definition) is 1. The number of rotatable bonds is 5. The van der Waals surface area contributed by atoms with Crippen molar-refractivity contribution in [3.05, 3.63) is 29.3 Å². The van der Waals surface area contributed by atoms with Crippen LogP contribution in [-0.2, 0) is 0 Å². The predicted octanol–water partition coefficient (Wildman–Crippen LogP) is 3.27. The maximum absolute atomic E-state index is 10.0. The van der Waals surface area contributed by atoms with E-state index in [1.165, 1.54) is 5.56 Å². The average Bonchev–Trinajstić information content (AvgIpc) is 2.28. The van der Waals surface area contributed by atoms with Crippen LogP contribution in [0.5, 0.6) is 5.75 Å². The van der Waals surface area contributed by atoms with Crippen molar-refractivity contribution in [2.45, 2.75) is 45.6 Å². The first kappa shape index (κ1) is 13.0. The molecular formula is C14H22O2. The van der Waals surface area contributed by atoms with E-state index in [-0.39, 0.29) is 12.0 Å². The van der Waals surface area contributed by atoms with Gasteiger partial charge >= 0.3 is 0 Å². The lowest BCUT2D eigenvalue weighted by Crippen LogP contribution is -2.16. The molecule has 0 saturated heterocycles. The minimum absolute atomic E-state index is 0.120. The lowest BCUT2D eigenvalue weighted by molar-refractivity contribution is 0.137. The SMILES string of the molecule is CCCC(O)C(C)c1cc(C)ccc1OC. The molecule has 90 valence electrons. The van der Waals surface area contributed by atoms with Crippen molar-refractivity contribution >= 4 is 0 Å². The van der Waals surface area contributed by atoms with Crippen LogP contribution < -0.4 is 4.74 Å². The number of aliphatic hydroxyl groups excluding tert-OH is 1. The van der Waals surface area contributed by atoms with E-state index in [1.807, 2.05) is 12.1 Å². The molecule has 0 aliphatic heterocycles. The highest BCUT2D eigenvalue weighted by atomic mass is 16.5. The number of benzene rings is 1. The monoisotopic (exact) mass is 222 g/mol. The van der Waals surface area contributed by atoms with Crippen molar-refractivity contribution in [3.63, 3.8) is 0 Å². The Morgan fingerprint density at radius 2 is 2.06 bits per heavy atom. The van der Waals surface area contributed by atoms with Crippen LogP contribution in [0.2, 0.25) is 0 Å². The predicted molar refractivity (Wildman–Crippen MR) is 67.1 cm³/mol. The van der Waals surface area contributed by atoms with E-state index in [0.717, 1.165) is 24.2 Å². The summed E-state index contributed by atoms with van der Waals surface area (Å²) >= 11 is 0. The standard InChI is InChI=1S/C14H22O2/c1-5-6-13(15)11(3)12-9-10(2)7-8-14(12)16-4/h7-9,11,13,15H,5-6H2,1-4H3. The molecule has 0 aromatic heterocycles. The summed E-state index contributed by atoms with van der Waals surface area (Å²) in [6, 6.07) is 6.10. The van der Waals surface area contributed by atoms with Gasteiger partial charge in [0.2, 0.25) is 0 Å². The Labute approximate surface area is 98.3 Å². The molecule has 1 aromatic rings. The third-order valence-electron chi connectivity index (χ3n) is 3.04. The molecule has 2 atom stereocenters. The van der Waals surface area contributed by atoms with Gasteiger partial charge in [0.15, 0.2) is 0 Å². The molecule has 1 aromatic carbocycles. The molecule has 1 N–H and O–H groups in total. The molecule has 0 bridgehead atoms. The molecule has 0 amide bonds. The van der Waals surface area contributed by atoms with E-state index in [0.29, 0.717) is 0 Å². The molecule has 2 unspecified atom stereocenters. The lowest BCUT2D eigenvalue weighted by atomic mass is 9.91. The number of hydrogen-bond acceptors (Lipinski definition) is 2. The molecule has 2 nitrogen and oxygen atoms in total. The molecular weight excluding hydrogens is 200 g/mol. The smallest absolute Gasteiger partial charge is 0.122 e. The summed E-state index contributed by atoms with van der Waals surface area (Å²) in [5.74, 6) is 0.989. The Kier molecular flexibility index (Phi) is 4.81. The zero-order valence-electron chi connectivity index (χ0n) is 10.7. The van der Waals surface area contributed by atoms with Crippen LogP contribution in [0, 0.1) is 6.92 Å². The fourth-order valence-corrected chi connectivity index (χ4v) is 1.96. The normalized spacial score (nSPS) is 14.6. The summed E-state index contributed by atoms with van der Waals surface area (Å²) < 4.78 is 5.34. The molecule has 0 saturated carbocycles. The van der Waals surface area contributed by atoms with Crippen LogP contribution in [0.1, 0.15) is 43.7 Å². The van der Waals surface area contributed by atoms with E-state index in [2.05, 4.69) is 26.8 Å². The van der Waals surface area contributed by atoms with Crippen LogP contribution >= 0.6 is 0 Å². The van der Waals surface area contributed by atoms with Gasteiger partial charge in [-0.15, -0.1) is 0 Å². The van der Waals surface area contributed by atoms with Crippen molar-refractivity contribution in [2.24, 2.45) is 0 Å². The highest BCUT2D eigenvalue weighted by molar-refractivity contribution is 5.39. The molecule has 2 heteroatoms. The summed E-state index contributed by atoms with van der Waals surface area (Å²) in [7, 11) is 1.67. The topological polar surface area (TPSA) is 29.5 Å². The van der Waals surface area contributed by atoms with E-state index in [1.54, 1.807) is 7.11 Å². The Bertz CT molecular complexity index is 334. The lowest BCUT2D eigenvalue weighted by Gasteiger charge is -2.21. The molecule has 0 aliphatic rings. The second kappa shape index (κ2) is 5.90. The maximum atomic E-state index is 10.0. The minimum atomic E-state index is -0.291. The van der Waals surface area contributed by atoms with Crippen molar-refractivity contribution in [1.29, 1.82) is 0 Å². The molecule has 0 heterocycles. The van der Waals surface area contributed by atoms with Crippen LogP contribution in [0.4, 0.5) is 0 Å². The molecule has 0 spiro atoms. The first-order valence-corrected chi connectivity index (χ1v) is 5.92.